The molecule has 0 aliphatic carbocycles. The highest BCUT2D eigenvalue weighted by molar-refractivity contribution is 7.98. The lowest BCUT2D eigenvalue weighted by Crippen LogP contribution is -2.41. The fourth-order valence-electron chi connectivity index (χ4n) is 1.87. The molecule has 0 aliphatic rings. The molecule has 2 rings (SSSR count). The number of nitrogens with two attached hydrogens (primary N) is 1. The third kappa shape index (κ3) is 3.71. The van der Waals surface area contributed by atoms with Crippen molar-refractivity contribution in [1.29, 1.82) is 0 Å². The van der Waals surface area contributed by atoms with Gasteiger partial charge in [-0.1, -0.05) is 6.07 Å². The summed E-state index contributed by atoms with van der Waals surface area (Å²) in [5.74, 6) is 1.62. The summed E-state index contributed by atoms with van der Waals surface area (Å²) in [5, 5.41) is 11.0. The Morgan fingerprint density at radius 1 is 1.50 bits per heavy atom. The lowest BCUT2D eigenvalue weighted by molar-refractivity contribution is -0.122. The van der Waals surface area contributed by atoms with Crippen molar-refractivity contribution in [3.8, 4) is 0 Å². The maximum absolute atomic E-state index is 11.8. The van der Waals surface area contributed by atoms with Gasteiger partial charge in [-0.3, -0.25) is 9.20 Å². The maximum Gasteiger partial charge on any atom is 0.236 e. The van der Waals surface area contributed by atoms with Crippen LogP contribution in [0.1, 0.15) is 12.2 Å². The first-order valence-corrected chi connectivity index (χ1v) is 7.92. The molecule has 0 unspecified atom stereocenters. The first-order chi connectivity index (χ1) is 9.72. The van der Waals surface area contributed by atoms with Crippen molar-refractivity contribution in [2.24, 2.45) is 5.73 Å². The van der Waals surface area contributed by atoms with E-state index >= 15 is 0 Å². The molecule has 2 aromatic rings. The highest BCUT2D eigenvalue weighted by atomic mass is 32.2. The summed E-state index contributed by atoms with van der Waals surface area (Å²) in [4.78, 5) is 11.8. The van der Waals surface area contributed by atoms with Crippen molar-refractivity contribution in [3.63, 3.8) is 0 Å². The van der Waals surface area contributed by atoms with Gasteiger partial charge in [-0.25, -0.2) is 0 Å². The summed E-state index contributed by atoms with van der Waals surface area (Å²) in [5.41, 5.74) is 6.61. The molecule has 0 saturated heterocycles. The summed E-state index contributed by atoms with van der Waals surface area (Å²) in [6.07, 6.45) is 5.24. The molecule has 108 valence electrons. The Kier molecular flexibility index (Phi) is 5.37. The summed E-state index contributed by atoms with van der Waals surface area (Å²) in [7, 11) is 0. The fourth-order valence-corrected chi connectivity index (χ4v) is 2.36. The van der Waals surface area contributed by atoms with E-state index in [1.807, 2.05) is 35.1 Å². The van der Waals surface area contributed by atoms with Crippen molar-refractivity contribution < 1.29 is 4.79 Å². The van der Waals surface area contributed by atoms with Crippen LogP contribution in [0.3, 0.4) is 0 Å². The van der Waals surface area contributed by atoms with Gasteiger partial charge in [0, 0.05) is 19.2 Å². The average molecular weight is 293 g/mol. The third-order valence-electron chi connectivity index (χ3n) is 3.00. The number of carbonyl (C=O) groups excluding carboxylic acids is 1. The van der Waals surface area contributed by atoms with Gasteiger partial charge in [0.1, 0.15) is 5.82 Å². The van der Waals surface area contributed by atoms with E-state index in [4.69, 9.17) is 5.73 Å². The minimum Gasteiger partial charge on any atom is -0.354 e. The zero-order valence-electron chi connectivity index (χ0n) is 11.5. The molecule has 6 nitrogen and oxygen atoms in total. The molecule has 0 saturated carbocycles. The van der Waals surface area contributed by atoms with Gasteiger partial charge in [-0.05, 0) is 30.6 Å². The van der Waals surface area contributed by atoms with Crippen LogP contribution in [-0.4, -0.2) is 45.1 Å². The van der Waals surface area contributed by atoms with E-state index in [-0.39, 0.29) is 5.91 Å². The molecular formula is C13H19N5OS. The normalized spacial score (nSPS) is 12.5. The number of amides is 1. The first-order valence-electron chi connectivity index (χ1n) is 6.53. The van der Waals surface area contributed by atoms with Crippen LogP contribution >= 0.6 is 11.8 Å². The molecular weight excluding hydrogens is 274 g/mol. The van der Waals surface area contributed by atoms with Gasteiger partial charge in [0.05, 0.1) is 6.04 Å². The minimum atomic E-state index is -0.433. The van der Waals surface area contributed by atoms with E-state index < -0.39 is 6.04 Å². The molecule has 1 amide bonds. The zero-order chi connectivity index (χ0) is 14.4. The lowest BCUT2D eigenvalue weighted by Gasteiger charge is -2.11. The van der Waals surface area contributed by atoms with Crippen molar-refractivity contribution in [3.05, 3.63) is 30.2 Å². The predicted molar refractivity (Wildman–Crippen MR) is 80.7 cm³/mol. The molecule has 0 bridgehead atoms. The number of thioether (sulfide) groups is 1. The summed E-state index contributed by atoms with van der Waals surface area (Å²) < 4.78 is 1.92. The van der Waals surface area contributed by atoms with Crippen LogP contribution < -0.4 is 11.1 Å². The summed E-state index contributed by atoms with van der Waals surface area (Å²) in [6, 6.07) is 5.31. The summed E-state index contributed by atoms with van der Waals surface area (Å²) in [6.45, 7) is 0.515. The van der Waals surface area contributed by atoms with Crippen molar-refractivity contribution in [2.45, 2.75) is 18.9 Å². The van der Waals surface area contributed by atoms with E-state index in [2.05, 4.69) is 15.5 Å². The van der Waals surface area contributed by atoms with E-state index in [1.54, 1.807) is 11.8 Å². The lowest BCUT2D eigenvalue weighted by atomic mass is 10.2. The molecule has 0 aromatic carbocycles. The molecule has 2 heterocycles. The third-order valence-corrected chi connectivity index (χ3v) is 3.65. The van der Waals surface area contributed by atoms with Crippen LogP contribution in [0.15, 0.2) is 24.4 Å². The molecule has 3 N–H and O–H groups in total. The van der Waals surface area contributed by atoms with Crippen LogP contribution in [0.25, 0.3) is 5.65 Å². The highest BCUT2D eigenvalue weighted by Crippen LogP contribution is 2.03. The van der Waals surface area contributed by atoms with E-state index in [9.17, 15) is 4.79 Å². The van der Waals surface area contributed by atoms with Crippen LogP contribution in [0.5, 0.6) is 0 Å². The Bertz CT molecular complexity index is 571. The molecule has 7 heteroatoms. The Labute approximate surface area is 122 Å². The second-order valence-electron chi connectivity index (χ2n) is 4.47. The van der Waals surface area contributed by atoms with E-state index in [0.29, 0.717) is 19.4 Å². The van der Waals surface area contributed by atoms with Crippen molar-refractivity contribution in [2.75, 3.05) is 18.6 Å². The average Bonchev–Trinajstić information content (AvgIpc) is 2.88. The number of hydrogen-bond acceptors (Lipinski definition) is 5. The van der Waals surface area contributed by atoms with Crippen LogP contribution in [-0.2, 0) is 11.2 Å². The Balaban J connectivity index is 1.82. The second-order valence-corrected chi connectivity index (χ2v) is 5.46. The predicted octanol–water partition coefficient (Wildman–Crippen LogP) is 0.468. The summed E-state index contributed by atoms with van der Waals surface area (Å²) >= 11 is 1.69. The molecule has 20 heavy (non-hydrogen) atoms. The van der Waals surface area contributed by atoms with Gasteiger partial charge in [-0.15, -0.1) is 10.2 Å². The number of nitrogens with one attached hydrogen (secondary N) is 1. The standard InChI is InChI=1S/C13H19N5OS/c1-20-9-6-10(14)13(19)15-7-5-12-17-16-11-4-2-3-8-18(11)12/h2-4,8,10H,5-7,9,14H2,1H3,(H,15,19)/t10-/m0/s1. The van der Waals surface area contributed by atoms with Crippen LogP contribution in [0, 0.1) is 0 Å². The van der Waals surface area contributed by atoms with Gasteiger partial charge >= 0.3 is 0 Å². The quantitative estimate of drug-likeness (QED) is 0.775. The number of carbonyl (C=O) groups is 1. The molecule has 0 radical (unpaired) electrons. The van der Waals surface area contributed by atoms with Gasteiger partial charge in [0.25, 0.3) is 0 Å². The number of hydrogen-bond donors (Lipinski definition) is 2. The Morgan fingerprint density at radius 2 is 2.35 bits per heavy atom. The van der Waals surface area contributed by atoms with Gasteiger partial charge < -0.3 is 11.1 Å². The van der Waals surface area contributed by atoms with E-state index in [0.717, 1.165) is 17.2 Å². The van der Waals surface area contributed by atoms with Crippen molar-refractivity contribution >= 4 is 23.3 Å². The van der Waals surface area contributed by atoms with Crippen LogP contribution in [0.2, 0.25) is 0 Å². The number of aromatic nitrogens is 3. The monoisotopic (exact) mass is 293 g/mol. The fraction of sp³-hybridized carbons (Fsp3) is 0.462. The van der Waals surface area contributed by atoms with Gasteiger partial charge in [0.15, 0.2) is 5.65 Å². The topological polar surface area (TPSA) is 85.3 Å². The number of nitrogens with zero attached hydrogens (tertiary/aromatic N) is 3. The van der Waals surface area contributed by atoms with Gasteiger partial charge in [0.2, 0.25) is 5.91 Å². The minimum absolute atomic E-state index is 0.104. The SMILES string of the molecule is CSCC[C@H](N)C(=O)NCCc1nnc2ccccn12. The van der Waals surface area contributed by atoms with E-state index in [1.165, 1.54) is 0 Å². The second kappa shape index (κ2) is 7.25. The number of pyridine rings is 1. The maximum atomic E-state index is 11.8. The molecule has 1 atom stereocenters. The molecule has 2 aromatic heterocycles. The van der Waals surface area contributed by atoms with Gasteiger partial charge in [-0.2, -0.15) is 11.8 Å². The number of fused-ring (bicyclic) bond motifs is 1. The molecule has 0 fully saturated rings. The first kappa shape index (κ1) is 14.8. The Morgan fingerprint density at radius 3 is 3.15 bits per heavy atom. The zero-order valence-corrected chi connectivity index (χ0v) is 12.3. The smallest absolute Gasteiger partial charge is 0.236 e. The molecule has 0 spiro atoms. The number of rotatable bonds is 7. The highest BCUT2D eigenvalue weighted by Gasteiger charge is 2.12. The van der Waals surface area contributed by atoms with Crippen molar-refractivity contribution in [1.82, 2.24) is 19.9 Å². The van der Waals surface area contributed by atoms with Crippen LogP contribution in [0.4, 0.5) is 0 Å². The largest absolute Gasteiger partial charge is 0.354 e. The molecule has 0 aliphatic heterocycles. The Hall–Kier alpha value is -1.60.